The fourth-order valence-electron chi connectivity index (χ4n) is 12.4. The lowest BCUT2D eigenvalue weighted by Gasteiger charge is -2.32. The van der Waals surface area contributed by atoms with Crippen LogP contribution in [0.15, 0.2) is 59.4 Å². The van der Waals surface area contributed by atoms with E-state index in [1.54, 1.807) is 36.4 Å². The Hall–Kier alpha value is -9.44. The van der Waals surface area contributed by atoms with Crippen LogP contribution in [-0.2, 0) is 107 Å². The molecule has 0 spiro atoms. The topological polar surface area (TPSA) is 453 Å². The number of nitrogens with zero attached hydrogens (tertiary/aromatic N) is 4. The number of likely N-dealkylation sites (N-methyl/N-ethyl adjacent to an activating group) is 1. The van der Waals surface area contributed by atoms with E-state index in [4.69, 9.17) is 19.6 Å². The number of nitrogens with one attached hydrogen (secondary N) is 7. The van der Waals surface area contributed by atoms with Crippen molar-refractivity contribution in [1.82, 2.24) is 56.6 Å². The molecule has 32 heteroatoms. The van der Waals surface area contributed by atoms with Crippen molar-refractivity contribution >= 4 is 75.9 Å². The molecule has 3 aliphatic heterocycles. The molecular formula is C66H80FN11O20. The third-order valence-corrected chi connectivity index (χ3v) is 17.8. The largest absolute Gasteiger partial charge is 0.458 e. The molecule has 98 heavy (non-hydrogen) atoms. The van der Waals surface area contributed by atoms with Crippen molar-refractivity contribution in [2.75, 3.05) is 59.7 Å². The standard InChI is InChI=1S/C66H80FN11O20/c1-76(30-48(80)60(90)61(91)49(81)31-79)64(94)44(73-51(83)13-6-3-7-20-77-56(88)18-19-57(77)89)16-17-50(82)69-26-52(84)70-28-54(86)74-46(21-35-9-4-2-5-10-35)62(92)71-27-53(85)72-34-97-33-55(87)68-25-39-40-29-78-47(59(40)75-45-23-43(67)37-11-8-12-38(37)58(39)45)22-42-41(63(78)93)32-98-65(95)66(42,96)24-36-14-15-36/h2,4-5,9-10,18-19,22-23,36,44,46,48-49,60-61,79-81,90-91,96H,3,6-8,11-17,20-21,24-34H2,1H3,(H,68,87)(H,69,82)(H,70,84)(H,71,92)(H,72,85)(H,73,83)(H,74,86)/t44-,46-,48-,49+,60+,61+,66-/m0/s1. The highest BCUT2D eigenvalue weighted by Gasteiger charge is 2.50. The number of cyclic esters (lactones) is 1. The van der Waals surface area contributed by atoms with Crippen LogP contribution < -0.4 is 42.8 Å². The maximum atomic E-state index is 15.6. The molecule has 0 unspecified atom stereocenters. The molecule has 526 valence electrons. The summed E-state index contributed by atoms with van der Waals surface area (Å²) in [6, 6.07) is 8.74. The summed E-state index contributed by atoms with van der Waals surface area (Å²) in [7, 11) is 1.19. The van der Waals surface area contributed by atoms with Crippen molar-refractivity contribution in [3.63, 3.8) is 0 Å². The van der Waals surface area contributed by atoms with Crippen molar-refractivity contribution in [2.24, 2.45) is 5.92 Å². The molecule has 10 amide bonds. The highest BCUT2D eigenvalue weighted by atomic mass is 19.1. The SMILES string of the molecule is CN(C[C@H](O)[C@@H](O)[C@H](O)[C@H](O)CO)C(=O)[C@H](CCC(=O)NCC(=O)NCC(=O)N[C@@H](Cc1ccccc1)C(=O)NCC(=O)NCOCC(=O)NCc1c2c(nc3cc(F)c4c(c13)CCC4)-c1cc3c(c(=O)n1C2)COC(=O)[C@]3(O)CC1CC1)NC(=O)CCCCCN1C(=O)C=CC1=O. The molecule has 7 atom stereocenters. The van der Waals surface area contributed by atoms with Gasteiger partial charge < -0.3 is 86.8 Å². The van der Waals surface area contributed by atoms with Crippen LogP contribution >= 0.6 is 0 Å². The Morgan fingerprint density at radius 1 is 0.755 bits per heavy atom. The Kier molecular flexibility index (Phi) is 24.3. The van der Waals surface area contributed by atoms with Crippen LogP contribution in [0.1, 0.15) is 103 Å². The molecule has 1 fully saturated rings. The Labute approximate surface area is 559 Å². The zero-order valence-corrected chi connectivity index (χ0v) is 53.8. The quantitative estimate of drug-likeness (QED) is 0.00811. The number of aliphatic hydroxyl groups is 6. The number of hydrogen-bond donors (Lipinski definition) is 13. The molecule has 0 saturated heterocycles. The first-order chi connectivity index (χ1) is 46.8. The monoisotopic (exact) mass is 1370 g/mol. The third kappa shape index (κ3) is 17.8. The second-order valence-corrected chi connectivity index (χ2v) is 25.0. The van der Waals surface area contributed by atoms with E-state index in [1.165, 1.54) is 17.7 Å². The van der Waals surface area contributed by atoms with Crippen molar-refractivity contribution in [1.29, 1.82) is 0 Å². The molecule has 1 saturated carbocycles. The van der Waals surface area contributed by atoms with E-state index in [1.807, 2.05) is 0 Å². The predicted molar refractivity (Wildman–Crippen MR) is 340 cm³/mol. The Balaban J connectivity index is 0.727. The summed E-state index contributed by atoms with van der Waals surface area (Å²) in [5.41, 5.74) is 1.84. The maximum absolute atomic E-state index is 15.6. The molecule has 9 rings (SSSR count). The number of aromatic nitrogens is 2. The minimum absolute atomic E-state index is 0.0277. The van der Waals surface area contributed by atoms with Gasteiger partial charge in [0.25, 0.3) is 17.4 Å². The van der Waals surface area contributed by atoms with Gasteiger partial charge in [0.15, 0.2) is 5.60 Å². The number of hydrogen-bond acceptors (Lipinski definition) is 21. The van der Waals surface area contributed by atoms with Gasteiger partial charge in [-0.1, -0.05) is 49.6 Å². The van der Waals surface area contributed by atoms with Crippen LogP contribution in [0.25, 0.3) is 22.3 Å². The van der Waals surface area contributed by atoms with Crippen molar-refractivity contribution < 1.29 is 97.2 Å². The van der Waals surface area contributed by atoms with Crippen LogP contribution in [0.3, 0.4) is 0 Å². The number of pyridine rings is 2. The molecule has 31 nitrogen and oxygen atoms in total. The van der Waals surface area contributed by atoms with Gasteiger partial charge in [-0.25, -0.2) is 14.2 Å². The van der Waals surface area contributed by atoms with E-state index in [-0.39, 0.29) is 75.4 Å². The minimum Gasteiger partial charge on any atom is -0.458 e. The van der Waals surface area contributed by atoms with Gasteiger partial charge in [0.2, 0.25) is 47.3 Å². The number of carbonyl (C=O) groups excluding carboxylic acids is 11. The summed E-state index contributed by atoms with van der Waals surface area (Å²) >= 11 is 0. The number of aliphatic hydroxyl groups excluding tert-OH is 5. The fourth-order valence-corrected chi connectivity index (χ4v) is 12.4. The van der Waals surface area contributed by atoms with Gasteiger partial charge in [-0.05, 0) is 79.2 Å². The smallest absolute Gasteiger partial charge is 0.343 e. The number of imide groups is 1. The number of rotatable bonds is 35. The summed E-state index contributed by atoms with van der Waals surface area (Å²) in [5.74, 6) is -8.17. The molecule has 2 aromatic carbocycles. The van der Waals surface area contributed by atoms with E-state index in [9.17, 15) is 83.1 Å². The zero-order chi connectivity index (χ0) is 70.5. The van der Waals surface area contributed by atoms with Crippen LogP contribution in [0.4, 0.5) is 4.39 Å². The van der Waals surface area contributed by atoms with Gasteiger partial charge >= 0.3 is 5.97 Å². The van der Waals surface area contributed by atoms with Gasteiger partial charge in [0, 0.05) is 80.7 Å². The van der Waals surface area contributed by atoms with Crippen LogP contribution in [0, 0.1) is 11.7 Å². The molecule has 2 aromatic heterocycles. The lowest BCUT2D eigenvalue weighted by molar-refractivity contribution is -0.173. The molecule has 0 radical (unpaired) electrons. The molecule has 4 aromatic rings. The Bertz CT molecular complexity index is 3830. The number of carbonyl (C=O) groups is 11. The number of halogens is 1. The first kappa shape index (κ1) is 72.8. The van der Waals surface area contributed by atoms with Gasteiger partial charge in [-0.2, -0.15) is 0 Å². The van der Waals surface area contributed by atoms with Crippen molar-refractivity contribution in [3.8, 4) is 11.4 Å². The Morgan fingerprint density at radius 2 is 1.43 bits per heavy atom. The number of ether oxygens (including phenoxy) is 2. The summed E-state index contributed by atoms with van der Waals surface area (Å²) < 4.78 is 27.9. The summed E-state index contributed by atoms with van der Waals surface area (Å²) in [4.78, 5) is 164. The normalized spacial score (nSPS) is 17.6. The number of benzene rings is 2. The van der Waals surface area contributed by atoms with Gasteiger partial charge in [-0.15, -0.1) is 0 Å². The van der Waals surface area contributed by atoms with Gasteiger partial charge in [-0.3, -0.25) is 57.6 Å². The lowest BCUT2D eigenvalue weighted by Crippen LogP contribution is -2.53. The highest BCUT2D eigenvalue weighted by molar-refractivity contribution is 6.12. The second-order valence-electron chi connectivity index (χ2n) is 25.0. The third-order valence-electron chi connectivity index (χ3n) is 17.8. The first-order valence-corrected chi connectivity index (χ1v) is 32.3. The van der Waals surface area contributed by atoms with E-state index >= 15 is 4.39 Å². The predicted octanol–water partition coefficient (Wildman–Crippen LogP) is -3.48. The zero-order valence-electron chi connectivity index (χ0n) is 53.8. The van der Waals surface area contributed by atoms with Crippen molar-refractivity contribution in [3.05, 3.63) is 110 Å². The summed E-state index contributed by atoms with van der Waals surface area (Å²) in [6.07, 6.45) is -1.83. The van der Waals surface area contributed by atoms with Gasteiger partial charge in [0.1, 0.15) is 62.3 Å². The van der Waals surface area contributed by atoms with Crippen LogP contribution in [0.5, 0.6) is 0 Å². The molecule has 0 bridgehead atoms. The van der Waals surface area contributed by atoms with E-state index < -0.39 is 171 Å². The fraction of sp³-hybridized carbons (Fsp3) is 0.500. The molecule has 13 N–H and O–H groups in total. The average molecular weight is 1370 g/mol. The van der Waals surface area contributed by atoms with E-state index in [0.717, 1.165) is 40.4 Å². The lowest BCUT2D eigenvalue weighted by atomic mass is 9.84. The number of esters is 1. The van der Waals surface area contributed by atoms with E-state index in [2.05, 4.69) is 37.2 Å². The number of amides is 10. The van der Waals surface area contributed by atoms with Gasteiger partial charge in [0.05, 0.1) is 55.3 Å². The number of fused-ring (bicyclic) bond motifs is 7. The minimum atomic E-state index is -2.04. The van der Waals surface area contributed by atoms with E-state index in [0.29, 0.717) is 76.6 Å². The Morgan fingerprint density at radius 3 is 2.15 bits per heavy atom. The maximum Gasteiger partial charge on any atom is 0.343 e. The van der Waals surface area contributed by atoms with Crippen LogP contribution in [-0.4, -0.2) is 211 Å². The summed E-state index contributed by atoms with van der Waals surface area (Å²) in [6.45, 7) is -4.82. The molecule has 2 aliphatic carbocycles. The number of unbranched alkanes of at least 4 members (excludes halogenated alkanes) is 2. The first-order valence-electron chi connectivity index (χ1n) is 32.3. The second kappa shape index (κ2) is 32.7. The molecule has 5 heterocycles. The molecular weight excluding hydrogens is 1290 g/mol. The molecule has 5 aliphatic rings. The highest BCUT2D eigenvalue weighted by Crippen LogP contribution is 2.46. The summed E-state index contributed by atoms with van der Waals surface area (Å²) in [5, 5.41) is 79.6. The van der Waals surface area contributed by atoms with Crippen molar-refractivity contribution in [2.45, 2.75) is 145 Å². The number of aryl methyl sites for hydroxylation is 1. The average Bonchev–Trinajstić information content (AvgIpc) is 1.53. The van der Waals surface area contributed by atoms with Crippen LogP contribution in [0.2, 0.25) is 0 Å².